The average molecular weight is 305 g/mol. The average Bonchev–Trinajstić information content (AvgIpc) is 2.78. The third-order valence-electron chi connectivity index (χ3n) is 3.63. The van der Waals surface area contributed by atoms with Gasteiger partial charge in [0.2, 0.25) is 5.91 Å². The summed E-state index contributed by atoms with van der Waals surface area (Å²) in [6.07, 6.45) is 1.33. The molecule has 0 unspecified atom stereocenters. The first-order valence-corrected chi connectivity index (χ1v) is 7.58. The van der Waals surface area contributed by atoms with Crippen molar-refractivity contribution in [3.05, 3.63) is 58.4 Å². The molecular weight excluding hydrogens is 284 g/mol. The van der Waals surface area contributed by atoms with Crippen molar-refractivity contribution in [3.8, 4) is 0 Å². The van der Waals surface area contributed by atoms with Gasteiger partial charge in [0.15, 0.2) is 0 Å². The van der Waals surface area contributed by atoms with Gasteiger partial charge in [-0.2, -0.15) is 0 Å². The van der Waals surface area contributed by atoms with Gasteiger partial charge in [-0.1, -0.05) is 23.7 Å². The molecule has 21 heavy (non-hydrogen) atoms. The van der Waals surface area contributed by atoms with Gasteiger partial charge >= 0.3 is 0 Å². The van der Waals surface area contributed by atoms with Crippen LogP contribution in [0.1, 0.15) is 23.4 Å². The van der Waals surface area contributed by atoms with E-state index in [1.165, 1.54) is 17.0 Å². The first-order valence-electron chi connectivity index (χ1n) is 7.20. The lowest BCUT2D eigenvalue weighted by molar-refractivity contribution is -0.121. The molecule has 1 N–H and O–H groups in total. The lowest BCUT2D eigenvalue weighted by atomic mass is 10.1. The molecular formula is C17H21ClN2O. The van der Waals surface area contributed by atoms with Crippen LogP contribution in [0.5, 0.6) is 0 Å². The van der Waals surface area contributed by atoms with Gasteiger partial charge in [0, 0.05) is 35.9 Å². The Bertz CT molecular complexity index is 582. The second-order valence-corrected chi connectivity index (χ2v) is 5.68. The van der Waals surface area contributed by atoms with E-state index in [9.17, 15) is 4.79 Å². The van der Waals surface area contributed by atoms with Gasteiger partial charge in [-0.3, -0.25) is 4.79 Å². The molecule has 2 rings (SSSR count). The second-order valence-electron chi connectivity index (χ2n) is 5.24. The molecule has 0 aliphatic heterocycles. The third-order valence-corrected chi connectivity index (χ3v) is 3.88. The number of hydrogen-bond donors (Lipinski definition) is 1. The molecule has 0 atom stereocenters. The Hall–Kier alpha value is -1.74. The van der Waals surface area contributed by atoms with Gasteiger partial charge in [0.25, 0.3) is 0 Å². The highest BCUT2D eigenvalue weighted by Crippen LogP contribution is 2.10. The van der Waals surface area contributed by atoms with Crippen LogP contribution in [0.3, 0.4) is 0 Å². The Morgan fingerprint density at radius 3 is 2.33 bits per heavy atom. The highest BCUT2D eigenvalue weighted by molar-refractivity contribution is 6.30. The number of halogens is 1. The number of hydrogen-bond acceptors (Lipinski definition) is 1. The number of nitrogens with zero attached hydrogens (tertiary/aromatic N) is 1. The summed E-state index contributed by atoms with van der Waals surface area (Å²) in [6, 6.07) is 11.9. The topological polar surface area (TPSA) is 34.0 Å². The Labute approximate surface area is 130 Å². The van der Waals surface area contributed by atoms with Crippen LogP contribution in [-0.4, -0.2) is 17.0 Å². The molecule has 112 valence electrons. The van der Waals surface area contributed by atoms with Gasteiger partial charge < -0.3 is 9.88 Å². The number of amides is 1. The van der Waals surface area contributed by atoms with E-state index < -0.39 is 0 Å². The highest BCUT2D eigenvalue weighted by atomic mass is 35.5. The Kier molecular flexibility index (Phi) is 5.45. The van der Waals surface area contributed by atoms with Crippen molar-refractivity contribution in [3.63, 3.8) is 0 Å². The molecule has 0 saturated heterocycles. The first kappa shape index (κ1) is 15.6. The minimum atomic E-state index is 0.0939. The van der Waals surface area contributed by atoms with Gasteiger partial charge in [0.1, 0.15) is 0 Å². The predicted molar refractivity (Wildman–Crippen MR) is 86.7 cm³/mol. The van der Waals surface area contributed by atoms with E-state index in [-0.39, 0.29) is 5.91 Å². The zero-order chi connectivity index (χ0) is 15.2. The van der Waals surface area contributed by atoms with E-state index in [0.29, 0.717) is 13.0 Å². The second kappa shape index (κ2) is 7.32. The summed E-state index contributed by atoms with van der Waals surface area (Å²) in [4.78, 5) is 11.9. The number of benzene rings is 1. The highest BCUT2D eigenvalue weighted by Gasteiger charge is 2.05. The standard InChI is InChI=1S/C17H21ClN2O/c1-13-3-4-14(2)20(13)12-10-17(21)19-11-9-15-5-7-16(18)8-6-15/h3-8H,9-12H2,1-2H3,(H,19,21). The Morgan fingerprint density at radius 2 is 1.71 bits per heavy atom. The van der Waals surface area contributed by atoms with E-state index >= 15 is 0 Å². The Balaban J connectivity index is 1.71. The largest absolute Gasteiger partial charge is 0.356 e. The third kappa shape index (κ3) is 4.64. The summed E-state index contributed by atoms with van der Waals surface area (Å²) in [5.41, 5.74) is 3.57. The number of rotatable bonds is 6. The van der Waals surface area contributed by atoms with Crippen LogP contribution in [0, 0.1) is 13.8 Å². The molecule has 0 fully saturated rings. The number of nitrogens with one attached hydrogen (secondary N) is 1. The van der Waals surface area contributed by atoms with Crippen molar-refractivity contribution in [1.82, 2.24) is 9.88 Å². The van der Waals surface area contributed by atoms with Crippen molar-refractivity contribution >= 4 is 17.5 Å². The van der Waals surface area contributed by atoms with E-state index in [4.69, 9.17) is 11.6 Å². The molecule has 0 aliphatic rings. The van der Waals surface area contributed by atoms with Crippen LogP contribution in [0.15, 0.2) is 36.4 Å². The zero-order valence-electron chi connectivity index (χ0n) is 12.5. The number of carbonyl (C=O) groups is 1. The van der Waals surface area contributed by atoms with Crippen LogP contribution in [-0.2, 0) is 17.8 Å². The molecule has 4 heteroatoms. The summed E-state index contributed by atoms with van der Waals surface area (Å²) < 4.78 is 2.17. The smallest absolute Gasteiger partial charge is 0.221 e. The molecule has 0 bridgehead atoms. The maximum atomic E-state index is 11.9. The monoisotopic (exact) mass is 304 g/mol. The van der Waals surface area contributed by atoms with Crippen molar-refractivity contribution in [2.45, 2.75) is 33.2 Å². The fraction of sp³-hybridized carbons (Fsp3) is 0.353. The van der Waals surface area contributed by atoms with Gasteiger partial charge in [-0.25, -0.2) is 0 Å². The summed E-state index contributed by atoms with van der Waals surface area (Å²) in [6.45, 7) is 5.51. The van der Waals surface area contributed by atoms with E-state index in [0.717, 1.165) is 18.0 Å². The van der Waals surface area contributed by atoms with Gasteiger partial charge in [-0.05, 0) is 50.1 Å². The molecule has 1 heterocycles. The first-order chi connectivity index (χ1) is 10.1. The zero-order valence-corrected chi connectivity index (χ0v) is 13.3. The minimum absolute atomic E-state index is 0.0939. The van der Waals surface area contributed by atoms with Gasteiger partial charge in [0.05, 0.1) is 0 Å². The summed E-state index contributed by atoms with van der Waals surface area (Å²) in [7, 11) is 0. The molecule has 1 aromatic carbocycles. The van der Waals surface area contributed by atoms with Crippen molar-refractivity contribution < 1.29 is 4.79 Å². The molecule has 0 saturated carbocycles. The van der Waals surface area contributed by atoms with E-state index in [2.05, 4.69) is 35.9 Å². The van der Waals surface area contributed by atoms with Crippen molar-refractivity contribution in [1.29, 1.82) is 0 Å². The summed E-state index contributed by atoms with van der Waals surface area (Å²) in [5.74, 6) is 0.0939. The molecule has 1 aromatic heterocycles. The number of aryl methyl sites for hydroxylation is 2. The fourth-order valence-electron chi connectivity index (χ4n) is 2.35. The fourth-order valence-corrected chi connectivity index (χ4v) is 2.48. The Morgan fingerprint density at radius 1 is 1.10 bits per heavy atom. The molecule has 0 aliphatic carbocycles. The molecule has 1 amide bonds. The van der Waals surface area contributed by atoms with Crippen molar-refractivity contribution in [2.75, 3.05) is 6.54 Å². The maximum Gasteiger partial charge on any atom is 0.221 e. The summed E-state index contributed by atoms with van der Waals surface area (Å²) in [5, 5.41) is 3.70. The van der Waals surface area contributed by atoms with Crippen LogP contribution < -0.4 is 5.32 Å². The SMILES string of the molecule is Cc1ccc(C)n1CCC(=O)NCCc1ccc(Cl)cc1. The van der Waals surface area contributed by atoms with E-state index in [1.54, 1.807) is 0 Å². The minimum Gasteiger partial charge on any atom is -0.356 e. The molecule has 0 radical (unpaired) electrons. The van der Waals surface area contributed by atoms with Crippen LogP contribution in [0.25, 0.3) is 0 Å². The predicted octanol–water partition coefficient (Wildman–Crippen LogP) is 3.51. The maximum absolute atomic E-state index is 11.9. The van der Waals surface area contributed by atoms with Crippen LogP contribution in [0.2, 0.25) is 5.02 Å². The van der Waals surface area contributed by atoms with E-state index in [1.807, 2.05) is 24.3 Å². The van der Waals surface area contributed by atoms with Crippen LogP contribution >= 0.6 is 11.6 Å². The van der Waals surface area contributed by atoms with Gasteiger partial charge in [-0.15, -0.1) is 0 Å². The molecule has 3 nitrogen and oxygen atoms in total. The molecule has 0 spiro atoms. The normalized spacial score (nSPS) is 10.6. The lowest BCUT2D eigenvalue weighted by Gasteiger charge is -2.10. The lowest BCUT2D eigenvalue weighted by Crippen LogP contribution is -2.26. The quantitative estimate of drug-likeness (QED) is 0.870. The number of carbonyl (C=O) groups excluding carboxylic acids is 1. The summed E-state index contributed by atoms with van der Waals surface area (Å²) >= 11 is 5.84. The van der Waals surface area contributed by atoms with Crippen molar-refractivity contribution in [2.24, 2.45) is 0 Å². The van der Waals surface area contributed by atoms with Crippen LogP contribution in [0.4, 0.5) is 0 Å². The molecule has 2 aromatic rings. The number of aromatic nitrogens is 1.